The molecule has 2 fully saturated rings. The van der Waals surface area contributed by atoms with Crippen LogP contribution in [-0.4, -0.2) is 84.5 Å². The number of thioether (sulfide) groups is 1. The predicted octanol–water partition coefficient (Wildman–Crippen LogP) is 2.16. The van der Waals surface area contributed by atoms with Gasteiger partial charge in [-0.15, -0.1) is 0 Å². The highest BCUT2D eigenvalue weighted by Crippen LogP contribution is 2.34. The molecule has 7 heteroatoms. The Morgan fingerprint density at radius 1 is 1.19 bits per heavy atom. The summed E-state index contributed by atoms with van der Waals surface area (Å²) in [6, 6.07) is 0. The average Bonchev–Trinajstić information content (AvgIpc) is 2.62. The monoisotopic (exact) mass is 397 g/mol. The van der Waals surface area contributed by atoms with E-state index in [1.54, 1.807) is 7.05 Å². The largest absolute Gasteiger partial charge is 0.354 e. The van der Waals surface area contributed by atoms with Gasteiger partial charge >= 0.3 is 0 Å². The van der Waals surface area contributed by atoms with Crippen molar-refractivity contribution in [3.8, 4) is 0 Å². The Hall–Kier alpha value is -0.950. The van der Waals surface area contributed by atoms with Crippen LogP contribution in [0.1, 0.15) is 52.9 Å². The van der Waals surface area contributed by atoms with Crippen molar-refractivity contribution in [1.82, 2.24) is 20.4 Å². The molecular weight excluding hydrogens is 358 g/mol. The van der Waals surface area contributed by atoms with Crippen molar-refractivity contribution in [1.29, 1.82) is 0 Å². The molecule has 2 N–H and O–H groups in total. The van der Waals surface area contributed by atoms with Crippen LogP contribution < -0.4 is 10.6 Å². The van der Waals surface area contributed by atoms with Crippen molar-refractivity contribution < 1.29 is 4.79 Å². The molecule has 0 aromatic rings. The zero-order valence-electron chi connectivity index (χ0n) is 17.9. The number of aliphatic imine (C=N–C) groups is 1. The van der Waals surface area contributed by atoms with E-state index in [2.05, 4.69) is 32.3 Å². The van der Waals surface area contributed by atoms with E-state index in [1.807, 2.05) is 32.7 Å². The maximum Gasteiger partial charge on any atom is 0.240 e. The number of nitrogens with zero attached hydrogens (tertiary/aromatic N) is 3. The van der Waals surface area contributed by atoms with Gasteiger partial charge in [0.15, 0.2) is 5.96 Å². The van der Waals surface area contributed by atoms with E-state index >= 15 is 0 Å². The van der Waals surface area contributed by atoms with Crippen molar-refractivity contribution in [2.45, 2.75) is 64.0 Å². The summed E-state index contributed by atoms with van der Waals surface area (Å²) in [6.07, 6.45) is 6.50. The first kappa shape index (κ1) is 22.3. The number of rotatable bonds is 5. The highest BCUT2D eigenvalue weighted by molar-refractivity contribution is 7.99. The minimum absolute atomic E-state index is 0.0217. The Kier molecular flexibility index (Phi) is 8.28. The highest BCUT2D eigenvalue weighted by Gasteiger charge is 2.38. The topological polar surface area (TPSA) is 60.0 Å². The zero-order valence-corrected chi connectivity index (χ0v) is 18.8. The molecule has 2 rings (SSSR count). The molecule has 1 aliphatic carbocycles. The van der Waals surface area contributed by atoms with Crippen LogP contribution >= 0.6 is 11.8 Å². The summed E-state index contributed by atoms with van der Waals surface area (Å²) < 4.78 is 0. The number of nitrogens with one attached hydrogen (secondary N) is 2. The Labute approximate surface area is 169 Å². The zero-order chi connectivity index (χ0) is 19.9. The molecular formula is C20H39N5OS. The summed E-state index contributed by atoms with van der Waals surface area (Å²) in [5.41, 5.74) is 0.0248. The lowest BCUT2D eigenvalue weighted by molar-refractivity contribution is -0.122. The van der Waals surface area contributed by atoms with Gasteiger partial charge in [-0.05, 0) is 33.6 Å². The molecule has 0 aromatic carbocycles. The number of hydrogen-bond donors (Lipinski definition) is 2. The fourth-order valence-electron chi connectivity index (χ4n) is 4.23. The van der Waals surface area contributed by atoms with E-state index in [1.165, 1.54) is 56.7 Å². The van der Waals surface area contributed by atoms with Crippen molar-refractivity contribution in [3.63, 3.8) is 0 Å². The molecule has 0 aromatic heterocycles. The Morgan fingerprint density at radius 3 is 2.37 bits per heavy atom. The molecule has 0 bridgehead atoms. The highest BCUT2D eigenvalue weighted by atomic mass is 32.2. The molecule has 1 heterocycles. The Balaban J connectivity index is 1.96. The second-order valence-electron chi connectivity index (χ2n) is 8.94. The average molecular weight is 398 g/mol. The number of carbonyl (C=O) groups excluding carboxylic acids is 1. The third-order valence-electron chi connectivity index (χ3n) is 5.51. The molecule has 1 saturated heterocycles. The summed E-state index contributed by atoms with van der Waals surface area (Å²) >= 11 is 2.07. The molecule has 156 valence electrons. The van der Waals surface area contributed by atoms with Crippen molar-refractivity contribution in [3.05, 3.63) is 0 Å². The van der Waals surface area contributed by atoms with Gasteiger partial charge in [0.2, 0.25) is 5.91 Å². The van der Waals surface area contributed by atoms with E-state index in [-0.39, 0.29) is 17.0 Å². The van der Waals surface area contributed by atoms with Gasteiger partial charge < -0.3 is 15.5 Å². The molecule has 1 amide bonds. The van der Waals surface area contributed by atoms with Gasteiger partial charge in [-0.1, -0.05) is 19.3 Å². The van der Waals surface area contributed by atoms with Gasteiger partial charge in [0.25, 0.3) is 0 Å². The van der Waals surface area contributed by atoms with Crippen LogP contribution in [-0.2, 0) is 4.79 Å². The van der Waals surface area contributed by atoms with Crippen LogP contribution in [0.15, 0.2) is 4.99 Å². The molecule has 1 saturated carbocycles. The van der Waals surface area contributed by atoms with E-state index in [4.69, 9.17) is 0 Å². The summed E-state index contributed by atoms with van der Waals surface area (Å²) in [7, 11) is 3.73. The SMILES string of the molecule is CN=C(NCC1(N2CCSCC2)CCCCC1)N(C)CC(=O)NC(C)(C)C. The van der Waals surface area contributed by atoms with Gasteiger partial charge in [0.1, 0.15) is 0 Å². The second kappa shape index (κ2) is 10.0. The standard InChI is InChI=1S/C20H39N5OS/c1-19(2,3)23-17(26)15-24(5)18(21-4)22-16-20(9-7-6-8-10-20)25-11-13-27-14-12-25/h6-16H2,1-5H3,(H,21,22)(H,23,26). The first-order valence-corrected chi connectivity index (χ1v) is 11.5. The summed E-state index contributed by atoms with van der Waals surface area (Å²) in [6.45, 7) is 9.61. The lowest BCUT2D eigenvalue weighted by Crippen LogP contribution is -2.60. The first-order chi connectivity index (χ1) is 12.8. The maximum atomic E-state index is 12.3. The van der Waals surface area contributed by atoms with E-state index < -0.39 is 0 Å². The summed E-state index contributed by atoms with van der Waals surface area (Å²) in [5.74, 6) is 3.30. The maximum absolute atomic E-state index is 12.3. The third kappa shape index (κ3) is 6.86. The lowest BCUT2D eigenvalue weighted by Gasteiger charge is -2.48. The number of carbonyl (C=O) groups is 1. The van der Waals surface area contributed by atoms with Gasteiger partial charge in [0.05, 0.1) is 6.54 Å². The number of guanidine groups is 1. The fourth-order valence-corrected chi connectivity index (χ4v) is 5.13. The van der Waals surface area contributed by atoms with Gasteiger partial charge in [-0.3, -0.25) is 14.7 Å². The van der Waals surface area contributed by atoms with Crippen LogP contribution in [0, 0.1) is 0 Å². The second-order valence-corrected chi connectivity index (χ2v) is 10.2. The van der Waals surface area contributed by atoms with Crippen LogP contribution in [0.25, 0.3) is 0 Å². The molecule has 0 radical (unpaired) electrons. The number of likely N-dealkylation sites (N-methyl/N-ethyl adjacent to an activating group) is 1. The van der Waals surface area contributed by atoms with E-state index in [0.717, 1.165) is 12.5 Å². The van der Waals surface area contributed by atoms with Gasteiger partial charge in [-0.25, -0.2) is 0 Å². The minimum Gasteiger partial charge on any atom is -0.354 e. The first-order valence-electron chi connectivity index (χ1n) is 10.3. The van der Waals surface area contributed by atoms with Crippen LogP contribution in [0.4, 0.5) is 0 Å². The molecule has 6 nitrogen and oxygen atoms in total. The number of amides is 1. The van der Waals surface area contributed by atoms with Gasteiger partial charge in [-0.2, -0.15) is 11.8 Å². The van der Waals surface area contributed by atoms with E-state index in [9.17, 15) is 4.79 Å². The van der Waals surface area contributed by atoms with Gasteiger partial charge in [0, 0.05) is 56.3 Å². The van der Waals surface area contributed by atoms with Crippen LogP contribution in [0.3, 0.4) is 0 Å². The summed E-state index contributed by atoms with van der Waals surface area (Å²) in [4.78, 5) is 21.3. The van der Waals surface area contributed by atoms with E-state index in [0.29, 0.717) is 6.54 Å². The molecule has 1 aliphatic heterocycles. The van der Waals surface area contributed by atoms with Crippen molar-refractivity contribution in [2.24, 2.45) is 4.99 Å². The van der Waals surface area contributed by atoms with Crippen molar-refractivity contribution >= 4 is 23.6 Å². The molecule has 27 heavy (non-hydrogen) atoms. The molecule has 2 aliphatic rings. The summed E-state index contributed by atoms with van der Waals surface area (Å²) in [5, 5.41) is 6.61. The normalized spacial score (nSPS) is 21.6. The quantitative estimate of drug-likeness (QED) is 0.550. The fraction of sp³-hybridized carbons (Fsp3) is 0.900. The molecule has 0 atom stereocenters. The molecule has 0 spiro atoms. The lowest BCUT2D eigenvalue weighted by atomic mass is 9.80. The van der Waals surface area contributed by atoms with Crippen LogP contribution in [0.2, 0.25) is 0 Å². The van der Waals surface area contributed by atoms with Crippen molar-refractivity contribution in [2.75, 3.05) is 51.8 Å². The minimum atomic E-state index is -0.215. The van der Waals surface area contributed by atoms with Crippen LogP contribution in [0.5, 0.6) is 0 Å². The number of hydrogen-bond acceptors (Lipinski definition) is 4. The third-order valence-corrected chi connectivity index (χ3v) is 6.45. The molecule has 0 unspecified atom stereocenters. The smallest absolute Gasteiger partial charge is 0.240 e. The Bertz CT molecular complexity index is 505. The Morgan fingerprint density at radius 2 is 1.81 bits per heavy atom. The predicted molar refractivity (Wildman–Crippen MR) is 117 cm³/mol.